The van der Waals surface area contributed by atoms with Crippen molar-refractivity contribution >= 4 is 5.91 Å². The molecule has 1 amide bonds. The number of benzene rings is 1. The predicted octanol–water partition coefficient (Wildman–Crippen LogP) is 1.91. The lowest BCUT2D eigenvalue weighted by Gasteiger charge is -2.40. The van der Waals surface area contributed by atoms with E-state index >= 15 is 0 Å². The molecule has 2 aliphatic rings. The number of hydrogen-bond acceptors (Lipinski definition) is 4. The molecule has 5 nitrogen and oxygen atoms in total. The van der Waals surface area contributed by atoms with E-state index in [1.165, 1.54) is 18.4 Å². The Hall–Kier alpha value is -1.75. The molecule has 0 aromatic heterocycles. The standard InChI is InChI=1S/C17H24N2O3/c1-18-16(20)15-11-8-13(21-2)14(22-3)9-12(11)17(10-19-15)6-4-5-7-17/h8-9,15,19H,4-7,10H2,1-3H3,(H,18,20)/t15-/m0/s1. The van der Waals surface area contributed by atoms with Crippen LogP contribution in [0.25, 0.3) is 0 Å². The molecular weight excluding hydrogens is 280 g/mol. The van der Waals surface area contributed by atoms with Crippen LogP contribution in [0.15, 0.2) is 12.1 Å². The van der Waals surface area contributed by atoms with E-state index in [4.69, 9.17) is 9.47 Å². The van der Waals surface area contributed by atoms with Crippen molar-refractivity contribution in [1.29, 1.82) is 0 Å². The summed E-state index contributed by atoms with van der Waals surface area (Å²) in [4.78, 5) is 12.2. The summed E-state index contributed by atoms with van der Waals surface area (Å²) in [6.07, 6.45) is 4.78. The summed E-state index contributed by atoms with van der Waals surface area (Å²) in [5.41, 5.74) is 2.39. The minimum absolute atomic E-state index is 0.0127. The zero-order valence-electron chi connectivity index (χ0n) is 13.5. The van der Waals surface area contributed by atoms with Crippen molar-refractivity contribution in [2.75, 3.05) is 27.8 Å². The van der Waals surface area contributed by atoms with Crippen LogP contribution in [0.3, 0.4) is 0 Å². The molecule has 120 valence electrons. The van der Waals surface area contributed by atoms with Gasteiger partial charge >= 0.3 is 0 Å². The molecule has 1 spiro atoms. The summed E-state index contributed by atoms with van der Waals surface area (Å²) >= 11 is 0. The van der Waals surface area contributed by atoms with Crippen molar-refractivity contribution in [3.63, 3.8) is 0 Å². The van der Waals surface area contributed by atoms with Crippen molar-refractivity contribution in [2.45, 2.75) is 37.1 Å². The van der Waals surface area contributed by atoms with Crippen LogP contribution >= 0.6 is 0 Å². The van der Waals surface area contributed by atoms with E-state index in [2.05, 4.69) is 16.7 Å². The Morgan fingerprint density at radius 3 is 2.45 bits per heavy atom. The predicted molar refractivity (Wildman–Crippen MR) is 84.5 cm³/mol. The second-order valence-electron chi connectivity index (χ2n) is 6.21. The van der Waals surface area contributed by atoms with Crippen LogP contribution < -0.4 is 20.1 Å². The Labute approximate surface area is 131 Å². The highest BCUT2D eigenvalue weighted by molar-refractivity contribution is 5.84. The Kier molecular flexibility index (Phi) is 4.00. The number of fused-ring (bicyclic) bond motifs is 2. The van der Waals surface area contributed by atoms with E-state index in [0.29, 0.717) is 5.75 Å². The summed E-state index contributed by atoms with van der Waals surface area (Å²) in [7, 11) is 4.95. The van der Waals surface area contributed by atoms with E-state index in [1.54, 1.807) is 21.3 Å². The van der Waals surface area contributed by atoms with Crippen molar-refractivity contribution in [3.05, 3.63) is 23.3 Å². The van der Waals surface area contributed by atoms with E-state index in [-0.39, 0.29) is 17.4 Å². The molecule has 1 aromatic carbocycles. The van der Waals surface area contributed by atoms with Gasteiger partial charge in [0.15, 0.2) is 11.5 Å². The van der Waals surface area contributed by atoms with Gasteiger partial charge in [-0.3, -0.25) is 4.79 Å². The summed E-state index contributed by atoms with van der Waals surface area (Å²) in [6.45, 7) is 0.841. The normalized spacial score (nSPS) is 22.2. The molecule has 0 unspecified atom stereocenters. The molecular formula is C17H24N2O3. The van der Waals surface area contributed by atoms with Crippen LogP contribution in [-0.2, 0) is 10.2 Å². The third-order valence-electron chi connectivity index (χ3n) is 5.15. The molecule has 1 aliphatic heterocycles. The van der Waals surface area contributed by atoms with Gasteiger partial charge in [-0.2, -0.15) is 0 Å². The second-order valence-corrected chi connectivity index (χ2v) is 6.21. The van der Waals surface area contributed by atoms with Gasteiger partial charge in [-0.1, -0.05) is 12.8 Å². The highest BCUT2D eigenvalue weighted by Crippen LogP contribution is 2.48. The Morgan fingerprint density at radius 2 is 1.86 bits per heavy atom. The summed E-state index contributed by atoms with van der Waals surface area (Å²) < 4.78 is 10.9. The molecule has 0 radical (unpaired) electrons. The third-order valence-corrected chi connectivity index (χ3v) is 5.15. The first-order chi connectivity index (χ1) is 10.6. The zero-order valence-corrected chi connectivity index (χ0v) is 13.5. The van der Waals surface area contributed by atoms with Crippen molar-refractivity contribution < 1.29 is 14.3 Å². The maximum atomic E-state index is 12.2. The van der Waals surface area contributed by atoms with Crippen molar-refractivity contribution in [3.8, 4) is 11.5 Å². The molecule has 3 rings (SSSR count). The van der Waals surface area contributed by atoms with Gasteiger partial charge in [-0.05, 0) is 36.1 Å². The molecule has 1 saturated carbocycles. The largest absolute Gasteiger partial charge is 0.493 e. The maximum Gasteiger partial charge on any atom is 0.241 e. The SMILES string of the molecule is CNC(=O)[C@H]1NCC2(CCCC2)c2cc(OC)c(OC)cc21. The number of amides is 1. The van der Waals surface area contributed by atoms with Gasteiger partial charge in [0.25, 0.3) is 0 Å². The summed E-state index contributed by atoms with van der Waals surface area (Å²) in [5, 5.41) is 6.19. The number of likely N-dealkylation sites (N-methyl/N-ethyl adjacent to an activating group) is 1. The lowest BCUT2D eigenvalue weighted by Crippen LogP contribution is -2.48. The summed E-state index contributed by atoms with van der Waals surface area (Å²) in [6, 6.07) is 3.71. The van der Waals surface area contributed by atoms with Crippen LogP contribution in [-0.4, -0.2) is 33.7 Å². The minimum atomic E-state index is -0.328. The van der Waals surface area contributed by atoms with E-state index < -0.39 is 0 Å². The van der Waals surface area contributed by atoms with Crippen LogP contribution in [0.1, 0.15) is 42.9 Å². The molecule has 0 saturated heterocycles. The van der Waals surface area contributed by atoms with Gasteiger partial charge in [0.2, 0.25) is 5.91 Å². The first kappa shape index (κ1) is 15.2. The maximum absolute atomic E-state index is 12.2. The first-order valence-electron chi connectivity index (χ1n) is 7.86. The lowest BCUT2D eigenvalue weighted by molar-refractivity contribution is -0.123. The van der Waals surface area contributed by atoms with Crippen LogP contribution in [0.5, 0.6) is 11.5 Å². The fourth-order valence-corrected chi connectivity index (χ4v) is 3.97. The average Bonchev–Trinajstić information content (AvgIpc) is 3.03. The number of nitrogens with one attached hydrogen (secondary N) is 2. The number of carbonyl (C=O) groups is 1. The number of ether oxygens (including phenoxy) is 2. The molecule has 5 heteroatoms. The molecule has 1 atom stereocenters. The first-order valence-corrected chi connectivity index (χ1v) is 7.86. The average molecular weight is 304 g/mol. The minimum Gasteiger partial charge on any atom is -0.493 e. The summed E-state index contributed by atoms with van der Waals surface area (Å²) in [5.74, 6) is 1.40. The molecule has 22 heavy (non-hydrogen) atoms. The quantitative estimate of drug-likeness (QED) is 0.895. The van der Waals surface area contributed by atoms with Gasteiger partial charge in [-0.25, -0.2) is 0 Å². The van der Waals surface area contributed by atoms with Crippen molar-refractivity contribution in [2.24, 2.45) is 0 Å². The van der Waals surface area contributed by atoms with Crippen LogP contribution in [0.2, 0.25) is 0 Å². The number of hydrogen-bond donors (Lipinski definition) is 2. The van der Waals surface area contributed by atoms with Gasteiger partial charge in [0.05, 0.1) is 14.2 Å². The van der Waals surface area contributed by atoms with Gasteiger partial charge in [-0.15, -0.1) is 0 Å². The van der Waals surface area contributed by atoms with Crippen molar-refractivity contribution in [1.82, 2.24) is 10.6 Å². The molecule has 1 fully saturated rings. The monoisotopic (exact) mass is 304 g/mol. The number of methoxy groups -OCH3 is 2. The van der Waals surface area contributed by atoms with Gasteiger partial charge in [0.1, 0.15) is 6.04 Å². The molecule has 2 N–H and O–H groups in total. The van der Waals surface area contributed by atoms with Crippen LogP contribution in [0, 0.1) is 0 Å². The Morgan fingerprint density at radius 1 is 1.23 bits per heavy atom. The fraction of sp³-hybridized carbons (Fsp3) is 0.588. The number of rotatable bonds is 3. The molecule has 0 bridgehead atoms. The van der Waals surface area contributed by atoms with Crippen LogP contribution in [0.4, 0.5) is 0 Å². The Bertz CT molecular complexity index is 580. The molecule has 1 aliphatic carbocycles. The molecule has 1 heterocycles. The topological polar surface area (TPSA) is 59.6 Å². The lowest BCUT2D eigenvalue weighted by atomic mass is 9.72. The highest BCUT2D eigenvalue weighted by atomic mass is 16.5. The number of carbonyl (C=O) groups excluding carboxylic acids is 1. The fourth-order valence-electron chi connectivity index (χ4n) is 3.97. The zero-order chi connectivity index (χ0) is 15.7. The van der Waals surface area contributed by atoms with E-state index in [9.17, 15) is 4.79 Å². The van der Waals surface area contributed by atoms with Gasteiger partial charge in [0, 0.05) is 19.0 Å². The highest BCUT2D eigenvalue weighted by Gasteiger charge is 2.44. The Balaban J connectivity index is 2.15. The van der Waals surface area contributed by atoms with Gasteiger partial charge < -0.3 is 20.1 Å². The van der Waals surface area contributed by atoms with E-state index in [1.807, 2.05) is 6.07 Å². The molecule has 1 aromatic rings. The smallest absolute Gasteiger partial charge is 0.241 e. The third kappa shape index (κ3) is 2.24. The second kappa shape index (κ2) is 5.80. The van der Waals surface area contributed by atoms with E-state index in [0.717, 1.165) is 30.7 Å².